The second kappa shape index (κ2) is 7.37. The first-order chi connectivity index (χ1) is 13.5. The van der Waals surface area contributed by atoms with Gasteiger partial charge in [0, 0.05) is 18.6 Å². The van der Waals surface area contributed by atoms with E-state index in [1.54, 1.807) is 29.3 Å². The van der Waals surface area contributed by atoms with Crippen LogP contribution in [0.2, 0.25) is 0 Å². The van der Waals surface area contributed by atoms with Crippen LogP contribution in [0, 0.1) is 16.7 Å². The van der Waals surface area contributed by atoms with E-state index in [9.17, 15) is 18.5 Å². The molecule has 8 heteroatoms. The number of fused-ring (bicyclic) bond motifs is 3. The van der Waals surface area contributed by atoms with E-state index in [-0.39, 0.29) is 16.9 Å². The van der Waals surface area contributed by atoms with E-state index in [0.29, 0.717) is 24.3 Å². The largest absolute Gasteiger partial charge is 0.347 e. The molecule has 0 atom stereocenters. The quantitative estimate of drug-likeness (QED) is 0.738. The molecule has 3 saturated carbocycles. The SMILES string of the molecule is N#CC12CCC(NC(=O)c3ccccc3N(N3CCCC3)[SH](=O)=O)(CC1)CC2. The number of nitrogens with zero attached hydrogens (tertiary/aromatic N) is 3. The van der Waals surface area contributed by atoms with Crippen molar-refractivity contribution in [2.24, 2.45) is 5.41 Å². The van der Waals surface area contributed by atoms with Gasteiger partial charge in [0.05, 0.1) is 22.7 Å². The highest BCUT2D eigenvalue weighted by Crippen LogP contribution is 2.52. The zero-order valence-corrected chi connectivity index (χ0v) is 16.8. The summed E-state index contributed by atoms with van der Waals surface area (Å²) in [4.78, 5) is 13.2. The van der Waals surface area contributed by atoms with Crippen molar-refractivity contribution >= 4 is 22.5 Å². The Morgan fingerprint density at radius 1 is 1.07 bits per heavy atom. The van der Waals surface area contributed by atoms with Gasteiger partial charge in [-0.05, 0) is 63.5 Å². The number of hydrazine groups is 1. The van der Waals surface area contributed by atoms with Crippen molar-refractivity contribution in [3.05, 3.63) is 29.8 Å². The number of thiol groups is 1. The van der Waals surface area contributed by atoms with E-state index in [4.69, 9.17) is 0 Å². The van der Waals surface area contributed by atoms with Crippen LogP contribution in [0.5, 0.6) is 0 Å². The minimum absolute atomic E-state index is 0.210. The first-order valence-electron chi connectivity index (χ1n) is 10.00. The van der Waals surface area contributed by atoms with E-state index < -0.39 is 10.9 Å². The first-order valence-corrected chi connectivity index (χ1v) is 11.1. The van der Waals surface area contributed by atoms with Crippen molar-refractivity contribution in [3.8, 4) is 6.07 Å². The summed E-state index contributed by atoms with van der Waals surface area (Å²) in [5, 5.41) is 14.5. The van der Waals surface area contributed by atoms with Crippen molar-refractivity contribution in [1.82, 2.24) is 10.3 Å². The summed E-state index contributed by atoms with van der Waals surface area (Å²) in [6.07, 6.45) is 6.75. The average Bonchev–Trinajstić information content (AvgIpc) is 3.23. The van der Waals surface area contributed by atoms with Crippen LogP contribution < -0.4 is 9.73 Å². The number of hydrogen-bond acceptors (Lipinski definition) is 5. The molecule has 1 saturated heterocycles. The second-order valence-corrected chi connectivity index (χ2v) is 9.19. The van der Waals surface area contributed by atoms with Gasteiger partial charge in [-0.2, -0.15) is 5.26 Å². The van der Waals surface area contributed by atoms with Crippen molar-refractivity contribution in [1.29, 1.82) is 5.26 Å². The molecular weight excluding hydrogens is 376 g/mol. The van der Waals surface area contributed by atoms with Gasteiger partial charge < -0.3 is 5.32 Å². The molecule has 0 unspecified atom stereocenters. The number of carbonyl (C=O) groups is 1. The summed E-state index contributed by atoms with van der Waals surface area (Å²) < 4.78 is 25.3. The molecule has 2 bridgehead atoms. The number of anilines is 1. The normalized spacial score (nSPS) is 29.6. The number of amides is 1. The number of carbonyl (C=O) groups excluding carboxylic acids is 1. The second-order valence-electron chi connectivity index (χ2n) is 8.33. The molecule has 0 aromatic heterocycles. The number of rotatable bonds is 5. The highest BCUT2D eigenvalue weighted by Gasteiger charge is 2.49. The number of hydrogen-bond donors (Lipinski definition) is 2. The van der Waals surface area contributed by atoms with Gasteiger partial charge in [0.15, 0.2) is 0 Å². The van der Waals surface area contributed by atoms with E-state index in [1.807, 2.05) is 0 Å². The molecule has 0 spiro atoms. The average molecular weight is 403 g/mol. The molecule has 1 N–H and O–H groups in total. The maximum absolute atomic E-state index is 13.2. The van der Waals surface area contributed by atoms with Crippen LogP contribution in [0.3, 0.4) is 0 Å². The Balaban J connectivity index is 1.58. The third-order valence-electron chi connectivity index (χ3n) is 6.73. The highest BCUT2D eigenvalue weighted by molar-refractivity contribution is 7.73. The summed E-state index contributed by atoms with van der Waals surface area (Å²) in [5.41, 5.74) is 0.303. The Morgan fingerprint density at radius 3 is 2.25 bits per heavy atom. The van der Waals surface area contributed by atoms with Crippen molar-refractivity contribution in [3.63, 3.8) is 0 Å². The topological polar surface area (TPSA) is 93.5 Å². The van der Waals surface area contributed by atoms with Crippen molar-refractivity contribution < 1.29 is 13.2 Å². The fourth-order valence-electron chi connectivity index (χ4n) is 4.92. The Hall–Kier alpha value is -2.11. The van der Waals surface area contributed by atoms with Crippen LogP contribution in [0.4, 0.5) is 5.69 Å². The molecule has 1 heterocycles. The van der Waals surface area contributed by atoms with E-state index >= 15 is 0 Å². The lowest BCUT2D eigenvalue weighted by molar-refractivity contribution is 0.0521. The van der Waals surface area contributed by atoms with E-state index in [0.717, 1.165) is 51.4 Å². The van der Waals surface area contributed by atoms with E-state index in [2.05, 4.69) is 11.4 Å². The van der Waals surface area contributed by atoms with E-state index in [1.165, 1.54) is 4.41 Å². The molecule has 3 aliphatic carbocycles. The van der Waals surface area contributed by atoms with Gasteiger partial charge in [0.1, 0.15) is 0 Å². The molecule has 1 aromatic carbocycles. The molecule has 0 radical (unpaired) electrons. The molecule has 150 valence electrons. The van der Waals surface area contributed by atoms with Crippen LogP contribution in [-0.4, -0.2) is 38.0 Å². The summed E-state index contributed by atoms with van der Waals surface area (Å²) in [7, 11) is -2.89. The summed E-state index contributed by atoms with van der Waals surface area (Å²) in [5.74, 6) is -0.233. The predicted octanol–water partition coefficient (Wildman–Crippen LogP) is 2.38. The van der Waals surface area contributed by atoms with Gasteiger partial charge in [-0.15, -0.1) is 0 Å². The number of benzene rings is 1. The molecule has 7 nitrogen and oxygen atoms in total. The fraction of sp³-hybridized carbons (Fsp3) is 0.600. The molecule has 1 amide bonds. The third kappa shape index (κ3) is 3.38. The summed E-state index contributed by atoms with van der Waals surface area (Å²) in [6, 6.07) is 9.39. The van der Waals surface area contributed by atoms with Crippen molar-refractivity contribution in [2.75, 3.05) is 17.5 Å². The molecular formula is C20H26N4O3S. The standard InChI is InChI=1S/C20H26N4O3S/c21-15-19-7-10-20(11-8-19,12-9-19)22-18(25)16-5-1-2-6-17(16)24(28(26)27)23-13-3-4-14-23/h1-2,5-6,28H,3-4,7-14H2,(H,22,25). The highest BCUT2D eigenvalue weighted by atomic mass is 32.2. The molecule has 28 heavy (non-hydrogen) atoms. The smallest absolute Gasteiger partial charge is 0.253 e. The van der Waals surface area contributed by atoms with Gasteiger partial charge >= 0.3 is 0 Å². The Kier molecular flexibility index (Phi) is 5.06. The van der Waals surface area contributed by atoms with Crippen LogP contribution >= 0.6 is 0 Å². The maximum Gasteiger partial charge on any atom is 0.253 e. The lowest BCUT2D eigenvalue weighted by atomic mass is 9.58. The zero-order chi connectivity index (χ0) is 19.8. The van der Waals surface area contributed by atoms with Gasteiger partial charge in [0.2, 0.25) is 10.9 Å². The maximum atomic E-state index is 13.2. The molecule has 5 rings (SSSR count). The van der Waals surface area contributed by atoms with Crippen LogP contribution in [0.1, 0.15) is 61.7 Å². The molecule has 1 aliphatic heterocycles. The fourth-order valence-corrected chi connectivity index (χ4v) is 5.66. The molecule has 1 aromatic rings. The van der Waals surface area contributed by atoms with Crippen LogP contribution in [0.15, 0.2) is 24.3 Å². The lowest BCUT2D eigenvalue weighted by Gasteiger charge is -2.50. The number of para-hydroxylation sites is 1. The van der Waals surface area contributed by atoms with Crippen LogP contribution in [-0.2, 0) is 10.9 Å². The zero-order valence-electron chi connectivity index (χ0n) is 15.9. The Morgan fingerprint density at radius 2 is 1.68 bits per heavy atom. The van der Waals surface area contributed by atoms with Crippen molar-refractivity contribution in [2.45, 2.75) is 56.9 Å². The minimum Gasteiger partial charge on any atom is -0.347 e. The molecule has 4 aliphatic rings. The Bertz CT molecular complexity index is 853. The first kappa shape index (κ1) is 19.2. The number of nitrogens with one attached hydrogen (secondary N) is 1. The van der Waals surface area contributed by atoms with Gasteiger partial charge in [-0.3, -0.25) is 4.79 Å². The molecule has 4 fully saturated rings. The number of nitriles is 1. The minimum atomic E-state index is -2.89. The monoisotopic (exact) mass is 402 g/mol. The summed E-state index contributed by atoms with van der Waals surface area (Å²) >= 11 is 0. The van der Waals surface area contributed by atoms with Gasteiger partial charge in [-0.25, -0.2) is 17.8 Å². The lowest BCUT2D eigenvalue weighted by Crippen LogP contribution is -2.56. The predicted molar refractivity (Wildman–Crippen MR) is 106 cm³/mol. The van der Waals surface area contributed by atoms with Crippen LogP contribution in [0.25, 0.3) is 0 Å². The van der Waals surface area contributed by atoms with Gasteiger partial charge in [-0.1, -0.05) is 12.1 Å². The summed E-state index contributed by atoms with van der Waals surface area (Å²) in [6.45, 7) is 1.33. The van der Waals surface area contributed by atoms with Gasteiger partial charge in [0.25, 0.3) is 5.91 Å². The Labute approximate surface area is 167 Å². The third-order valence-corrected chi connectivity index (χ3v) is 7.51.